The predicted molar refractivity (Wildman–Crippen MR) is 115 cm³/mol. The summed E-state index contributed by atoms with van der Waals surface area (Å²) in [7, 11) is 1.91. The Hall–Kier alpha value is -3.88. The van der Waals surface area contributed by atoms with Gasteiger partial charge in [0.2, 0.25) is 11.8 Å². The highest BCUT2D eigenvalue weighted by Crippen LogP contribution is 2.29. The quantitative estimate of drug-likeness (QED) is 0.738. The summed E-state index contributed by atoms with van der Waals surface area (Å²) in [6.45, 7) is 0. The Bertz CT molecular complexity index is 1120. The Morgan fingerprint density at radius 3 is 2.53 bits per heavy atom. The first kappa shape index (κ1) is 21.4. The van der Waals surface area contributed by atoms with Crippen molar-refractivity contribution in [2.24, 2.45) is 15.9 Å². The summed E-state index contributed by atoms with van der Waals surface area (Å²) >= 11 is 0. The van der Waals surface area contributed by atoms with E-state index in [1.54, 1.807) is 24.3 Å². The molecule has 2 aliphatic heterocycles. The number of hydrogen-bond donors (Lipinski definition) is 1. The molecular formula is C23H19F3N4O2. The zero-order valence-corrected chi connectivity index (χ0v) is 17.0. The summed E-state index contributed by atoms with van der Waals surface area (Å²) < 4.78 is 43.7. The molecule has 1 amide bonds. The Labute approximate surface area is 182 Å². The number of carbonyl (C=O) groups excluding carboxylic acids is 1. The lowest BCUT2D eigenvalue weighted by Crippen LogP contribution is -2.21. The SMILES string of the molecule is CN1C=CC2C=C(Oc3ccc(NC(=O)Cc4ccc(C(F)(F)F)cc4)cc3)N=CN=C21. The van der Waals surface area contributed by atoms with Crippen LogP contribution in [0, 0.1) is 5.92 Å². The van der Waals surface area contributed by atoms with Gasteiger partial charge in [-0.1, -0.05) is 18.2 Å². The van der Waals surface area contributed by atoms with Gasteiger partial charge in [-0.2, -0.15) is 13.2 Å². The number of halogens is 3. The van der Waals surface area contributed by atoms with E-state index in [1.807, 2.05) is 30.3 Å². The number of carbonyl (C=O) groups is 1. The Kier molecular flexibility index (Phi) is 5.81. The van der Waals surface area contributed by atoms with Crippen molar-refractivity contribution in [2.45, 2.75) is 12.6 Å². The van der Waals surface area contributed by atoms with Gasteiger partial charge in [0.25, 0.3) is 0 Å². The predicted octanol–water partition coefficient (Wildman–Crippen LogP) is 4.62. The zero-order chi connectivity index (χ0) is 22.7. The van der Waals surface area contributed by atoms with Gasteiger partial charge in [-0.3, -0.25) is 4.79 Å². The summed E-state index contributed by atoms with van der Waals surface area (Å²) in [5.74, 6) is 1.46. The van der Waals surface area contributed by atoms with Crippen molar-refractivity contribution in [3.8, 4) is 5.75 Å². The molecule has 2 aliphatic rings. The normalized spacial score (nSPS) is 17.4. The van der Waals surface area contributed by atoms with Gasteiger partial charge in [-0.05, 0) is 48.0 Å². The van der Waals surface area contributed by atoms with Crippen LogP contribution >= 0.6 is 0 Å². The molecule has 1 N–H and O–H groups in total. The molecule has 0 aliphatic carbocycles. The van der Waals surface area contributed by atoms with Crippen LogP contribution in [0.4, 0.5) is 18.9 Å². The van der Waals surface area contributed by atoms with Crippen molar-refractivity contribution in [3.05, 3.63) is 83.9 Å². The smallest absolute Gasteiger partial charge is 0.416 e. The number of anilines is 1. The molecule has 2 heterocycles. The molecule has 32 heavy (non-hydrogen) atoms. The van der Waals surface area contributed by atoms with Gasteiger partial charge in [0.05, 0.1) is 17.9 Å². The van der Waals surface area contributed by atoms with Crippen LogP contribution in [-0.4, -0.2) is 30.0 Å². The lowest BCUT2D eigenvalue weighted by molar-refractivity contribution is -0.137. The maximum absolute atomic E-state index is 12.6. The lowest BCUT2D eigenvalue weighted by Gasteiger charge is -2.12. The van der Waals surface area contributed by atoms with Crippen LogP contribution in [0.3, 0.4) is 0 Å². The van der Waals surface area contributed by atoms with E-state index < -0.39 is 11.7 Å². The summed E-state index contributed by atoms with van der Waals surface area (Å²) in [6, 6.07) is 11.2. The number of nitrogens with one attached hydrogen (secondary N) is 1. The van der Waals surface area contributed by atoms with Gasteiger partial charge in [0.1, 0.15) is 17.9 Å². The van der Waals surface area contributed by atoms with Crippen molar-refractivity contribution in [1.82, 2.24) is 4.90 Å². The fourth-order valence-electron chi connectivity index (χ4n) is 3.26. The van der Waals surface area contributed by atoms with E-state index in [2.05, 4.69) is 15.3 Å². The minimum absolute atomic E-state index is 0.0127. The highest BCUT2D eigenvalue weighted by molar-refractivity contribution is 5.96. The van der Waals surface area contributed by atoms with Crippen molar-refractivity contribution < 1.29 is 22.7 Å². The number of hydrogen-bond acceptors (Lipinski definition) is 5. The monoisotopic (exact) mass is 440 g/mol. The van der Waals surface area contributed by atoms with Crippen LogP contribution < -0.4 is 10.1 Å². The number of alkyl halides is 3. The molecule has 2 aromatic rings. The van der Waals surface area contributed by atoms with E-state index in [0.717, 1.165) is 18.0 Å². The minimum Gasteiger partial charge on any atom is -0.439 e. The fourth-order valence-corrected chi connectivity index (χ4v) is 3.26. The van der Waals surface area contributed by atoms with Crippen LogP contribution in [0.2, 0.25) is 0 Å². The van der Waals surface area contributed by atoms with Crippen molar-refractivity contribution >= 4 is 23.8 Å². The Morgan fingerprint density at radius 1 is 1.12 bits per heavy atom. The van der Waals surface area contributed by atoms with Gasteiger partial charge in [0, 0.05) is 18.9 Å². The average molecular weight is 440 g/mol. The molecule has 6 nitrogen and oxygen atoms in total. The molecule has 0 saturated heterocycles. The molecule has 164 valence electrons. The second-order valence-electron chi connectivity index (χ2n) is 7.26. The highest BCUT2D eigenvalue weighted by atomic mass is 19.4. The molecule has 1 atom stereocenters. The number of fused-ring (bicyclic) bond motifs is 1. The molecule has 0 fully saturated rings. The van der Waals surface area contributed by atoms with E-state index in [9.17, 15) is 18.0 Å². The van der Waals surface area contributed by atoms with Gasteiger partial charge in [0.15, 0.2) is 0 Å². The number of aliphatic imine (C=N–C) groups is 2. The number of amidine groups is 1. The van der Waals surface area contributed by atoms with E-state index in [-0.39, 0.29) is 18.2 Å². The number of rotatable bonds is 5. The van der Waals surface area contributed by atoms with Gasteiger partial charge < -0.3 is 15.0 Å². The summed E-state index contributed by atoms with van der Waals surface area (Å²) in [4.78, 5) is 22.6. The fraction of sp³-hybridized carbons (Fsp3) is 0.174. The maximum Gasteiger partial charge on any atom is 0.416 e. The number of nitrogens with zero attached hydrogens (tertiary/aromatic N) is 3. The molecular weight excluding hydrogens is 421 g/mol. The van der Waals surface area contributed by atoms with Crippen molar-refractivity contribution in [1.29, 1.82) is 0 Å². The van der Waals surface area contributed by atoms with Crippen LogP contribution in [0.15, 0.2) is 82.8 Å². The number of amides is 1. The Balaban J connectivity index is 1.33. The molecule has 1 unspecified atom stereocenters. The van der Waals surface area contributed by atoms with Gasteiger partial charge in [-0.15, -0.1) is 0 Å². The van der Waals surface area contributed by atoms with Crippen LogP contribution in [0.1, 0.15) is 11.1 Å². The largest absolute Gasteiger partial charge is 0.439 e. The van der Waals surface area contributed by atoms with E-state index in [1.165, 1.54) is 18.5 Å². The van der Waals surface area contributed by atoms with Gasteiger partial charge >= 0.3 is 6.18 Å². The standard InChI is InChI=1S/C23H19F3N4O2/c1-30-11-10-16-13-21(27-14-28-22(16)30)32-19-8-6-18(7-9-19)29-20(31)12-15-2-4-17(5-3-15)23(24,25)26/h2-11,13-14,16H,12H2,1H3,(H,29,31). The molecule has 9 heteroatoms. The number of ether oxygens (including phenoxy) is 1. The highest BCUT2D eigenvalue weighted by Gasteiger charge is 2.30. The first-order valence-electron chi connectivity index (χ1n) is 9.75. The van der Waals surface area contributed by atoms with E-state index in [4.69, 9.17) is 4.74 Å². The zero-order valence-electron chi connectivity index (χ0n) is 17.0. The minimum atomic E-state index is -4.40. The van der Waals surface area contributed by atoms with Crippen LogP contribution in [0.5, 0.6) is 5.75 Å². The van der Waals surface area contributed by atoms with Crippen LogP contribution in [0.25, 0.3) is 0 Å². The van der Waals surface area contributed by atoms with E-state index >= 15 is 0 Å². The third-order valence-electron chi connectivity index (χ3n) is 4.88. The molecule has 0 aromatic heterocycles. The third kappa shape index (κ3) is 5.05. The van der Waals surface area contributed by atoms with Gasteiger partial charge in [-0.25, -0.2) is 9.98 Å². The summed E-state index contributed by atoms with van der Waals surface area (Å²) in [5.41, 5.74) is 0.282. The molecule has 0 bridgehead atoms. The van der Waals surface area contributed by atoms with Crippen LogP contribution in [-0.2, 0) is 17.4 Å². The first-order chi connectivity index (χ1) is 15.3. The summed E-state index contributed by atoms with van der Waals surface area (Å²) in [6.07, 6.45) is 2.79. The third-order valence-corrected chi connectivity index (χ3v) is 4.88. The first-order valence-corrected chi connectivity index (χ1v) is 9.75. The number of benzene rings is 2. The molecule has 0 spiro atoms. The molecule has 0 saturated carbocycles. The second-order valence-corrected chi connectivity index (χ2v) is 7.26. The Morgan fingerprint density at radius 2 is 1.84 bits per heavy atom. The topological polar surface area (TPSA) is 66.3 Å². The molecule has 4 rings (SSSR count). The van der Waals surface area contributed by atoms with Crippen molar-refractivity contribution in [2.75, 3.05) is 12.4 Å². The maximum atomic E-state index is 12.6. The lowest BCUT2D eigenvalue weighted by atomic mass is 10.1. The van der Waals surface area contributed by atoms with E-state index in [0.29, 0.717) is 22.9 Å². The molecule has 2 aromatic carbocycles. The molecule has 0 radical (unpaired) electrons. The summed E-state index contributed by atoms with van der Waals surface area (Å²) in [5, 5.41) is 2.72. The van der Waals surface area contributed by atoms with Crippen molar-refractivity contribution in [3.63, 3.8) is 0 Å². The second kappa shape index (κ2) is 8.70. The average Bonchev–Trinajstić information content (AvgIpc) is 2.96.